The number of carboxylic acid groups (broad SMARTS) is 1. The van der Waals surface area contributed by atoms with Crippen molar-refractivity contribution >= 4 is 28.3 Å². The van der Waals surface area contributed by atoms with Crippen molar-refractivity contribution in [3.8, 4) is 0 Å². The summed E-state index contributed by atoms with van der Waals surface area (Å²) in [5.74, 6) is -0.955. The van der Waals surface area contributed by atoms with E-state index in [1.54, 1.807) is 27.6 Å². The van der Waals surface area contributed by atoms with Gasteiger partial charge < -0.3 is 5.11 Å². The maximum atomic E-state index is 12.3. The molecule has 0 fully saturated rings. The number of para-hydroxylation sites is 2. The molecule has 3 rings (SSSR count). The van der Waals surface area contributed by atoms with E-state index in [1.165, 1.54) is 11.3 Å². The summed E-state index contributed by atoms with van der Waals surface area (Å²) in [4.78, 5) is 23.7. The van der Waals surface area contributed by atoms with E-state index in [0.29, 0.717) is 5.56 Å². The van der Waals surface area contributed by atoms with Gasteiger partial charge >= 0.3 is 11.7 Å². The van der Waals surface area contributed by atoms with E-state index in [0.717, 1.165) is 11.0 Å². The molecule has 3 aromatic rings. The largest absolute Gasteiger partial charge is 0.477 e. The smallest absolute Gasteiger partial charge is 0.346 e. The molecule has 2 heterocycles. The first kappa shape index (κ1) is 12.7. The first-order valence-electron chi connectivity index (χ1n) is 6.03. The second-order valence-corrected chi connectivity index (χ2v) is 5.41. The lowest BCUT2D eigenvalue weighted by Crippen LogP contribution is -2.23. The molecule has 0 saturated heterocycles. The van der Waals surface area contributed by atoms with Crippen LogP contribution in [0.2, 0.25) is 0 Å². The van der Waals surface area contributed by atoms with Crippen LogP contribution in [-0.4, -0.2) is 20.2 Å². The van der Waals surface area contributed by atoms with Gasteiger partial charge in [0.25, 0.3) is 0 Å². The molecule has 0 unspecified atom stereocenters. The predicted molar refractivity (Wildman–Crippen MR) is 77.6 cm³/mol. The maximum Gasteiger partial charge on any atom is 0.346 e. The van der Waals surface area contributed by atoms with Gasteiger partial charge in [-0.3, -0.25) is 9.13 Å². The molecular formula is C14H12N2O3S. The number of hydrogen-bond acceptors (Lipinski definition) is 3. The summed E-state index contributed by atoms with van der Waals surface area (Å²) in [6.07, 6.45) is 0. The van der Waals surface area contributed by atoms with Crippen molar-refractivity contribution in [2.24, 2.45) is 7.05 Å². The summed E-state index contributed by atoms with van der Waals surface area (Å²) in [5, 5.41) is 10.9. The van der Waals surface area contributed by atoms with Crippen LogP contribution in [0, 0.1) is 0 Å². The lowest BCUT2D eigenvalue weighted by Gasteiger charge is -2.03. The second-order valence-electron chi connectivity index (χ2n) is 4.50. The Morgan fingerprint density at radius 3 is 2.65 bits per heavy atom. The number of imidazole rings is 1. The van der Waals surface area contributed by atoms with Crippen molar-refractivity contribution in [3.63, 3.8) is 0 Å². The second kappa shape index (κ2) is 4.64. The number of aromatic carboxylic acids is 1. The van der Waals surface area contributed by atoms with Gasteiger partial charge in [-0.25, -0.2) is 9.59 Å². The number of aromatic nitrogens is 2. The van der Waals surface area contributed by atoms with Crippen LogP contribution in [0.15, 0.2) is 40.5 Å². The monoisotopic (exact) mass is 288 g/mol. The van der Waals surface area contributed by atoms with E-state index in [4.69, 9.17) is 5.11 Å². The normalized spacial score (nSPS) is 11.1. The van der Waals surface area contributed by atoms with Gasteiger partial charge in [0, 0.05) is 7.05 Å². The summed E-state index contributed by atoms with van der Waals surface area (Å²) < 4.78 is 3.17. The number of benzene rings is 1. The minimum atomic E-state index is -0.955. The minimum Gasteiger partial charge on any atom is -0.477 e. The van der Waals surface area contributed by atoms with E-state index in [2.05, 4.69) is 0 Å². The molecule has 0 radical (unpaired) electrons. The highest BCUT2D eigenvalue weighted by molar-refractivity contribution is 7.12. The van der Waals surface area contributed by atoms with Crippen molar-refractivity contribution in [2.45, 2.75) is 6.54 Å². The highest BCUT2D eigenvalue weighted by atomic mass is 32.1. The molecule has 1 aromatic carbocycles. The molecule has 6 heteroatoms. The maximum absolute atomic E-state index is 12.3. The number of hydrogen-bond donors (Lipinski definition) is 1. The standard InChI is InChI=1S/C14H12N2O3S/c1-15-10-4-2-3-5-11(10)16(14(15)19)8-9-6-7-20-12(9)13(17)18/h2-7H,8H2,1H3,(H,17,18). The number of fused-ring (bicyclic) bond motifs is 1. The summed E-state index contributed by atoms with van der Waals surface area (Å²) in [6, 6.07) is 9.23. The van der Waals surface area contributed by atoms with E-state index in [1.807, 2.05) is 24.3 Å². The van der Waals surface area contributed by atoms with Gasteiger partial charge in [-0.05, 0) is 29.1 Å². The Hall–Kier alpha value is -2.34. The Kier molecular flexibility index (Phi) is 2.94. The zero-order valence-electron chi connectivity index (χ0n) is 10.7. The molecule has 5 nitrogen and oxygen atoms in total. The number of thiophene rings is 1. The molecule has 0 atom stereocenters. The van der Waals surface area contributed by atoms with E-state index in [9.17, 15) is 9.59 Å². The van der Waals surface area contributed by atoms with Gasteiger partial charge in [0.05, 0.1) is 17.6 Å². The predicted octanol–water partition coefficient (Wildman–Crippen LogP) is 2.15. The van der Waals surface area contributed by atoms with Crippen LogP contribution in [0.4, 0.5) is 0 Å². The molecule has 0 aliphatic rings. The van der Waals surface area contributed by atoms with Gasteiger partial charge in [-0.2, -0.15) is 0 Å². The lowest BCUT2D eigenvalue weighted by molar-refractivity contribution is 0.0701. The van der Waals surface area contributed by atoms with Crippen molar-refractivity contribution < 1.29 is 9.90 Å². The molecule has 0 aliphatic carbocycles. The van der Waals surface area contributed by atoms with Crippen LogP contribution in [-0.2, 0) is 13.6 Å². The van der Waals surface area contributed by atoms with Crippen LogP contribution in [0.5, 0.6) is 0 Å². The third-order valence-corrected chi connectivity index (χ3v) is 4.27. The SMILES string of the molecule is Cn1c(=O)n(Cc2ccsc2C(=O)O)c2ccccc21. The molecule has 1 N–H and O–H groups in total. The molecule has 0 amide bonds. The molecule has 0 bridgehead atoms. The fraction of sp³-hybridized carbons (Fsp3) is 0.143. The van der Waals surface area contributed by atoms with Crippen molar-refractivity contribution in [3.05, 3.63) is 56.6 Å². The number of rotatable bonds is 3. The molecule has 0 spiro atoms. The highest BCUT2D eigenvalue weighted by Crippen LogP contribution is 2.20. The average Bonchev–Trinajstić information content (AvgIpc) is 2.99. The Balaban J connectivity index is 2.16. The quantitative estimate of drug-likeness (QED) is 0.803. The zero-order valence-corrected chi connectivity index (χ0v) is 11.6. The van der Waals surface area contributed by atoms with Crippen LogP contribution < -0.4 is 5.69 Å². The third kappa shape index (κ3) is 1.85. The van der Waals surface area contributed by atoms with Crippen molar-refractivity contribution in [2.75, 3.05) is 0 Å². The minimum absolute atomic E-state index is 0.145. The van der Waals surface area contributed by atoms with Crippen LogP contribution in [0.3, 0.4) is 0 Å². The molecule has 0 aliphatic heterocycles. The topological polar surface area (TPSA) is 64.2 Å². The first-order valence-corrected chi connectivity index (χ1v) is 6.91. The Labute approximate surface area is 118 Å². The average molecular weight is 288 g/mol. The summed E-state index contributed by atoms with van der Waals surface area (Å²) in [6.45, 7) is 0.269. The fourth-order valence-corrected chi connectivity index (χ4v) is 3.09. The van der Waals surface area contributed by atoms with Crippen molar-refractivity contribution in [1.82, 2.24) is 9.13 Å². The van der Waals surface area contributed by atoms with E-state index in [-0.39, 0.29) is 17.1 Å². The highest BCUT2D eigenvalue weighted by Gasteiger charge is 2.15. The van der Waals surface area contributed by atoms with Gasteiger partial charge in [0.2, 0.25) is 0 Å². The first-order chi connectivity index (χ1) is 9.59. The number of nitrogens with zero attached hydrogens (tertiary/aromatic N) is 2. The number of aryl methyl sites for hydroxylation is 1. The Morgan fingerprint density at radius 1 is 1.25 bits per heavy atom. The van der Waals surface area contributed by atoms with Crippen LogP contribution in [0.25, 0.3) is 11.0 Å². The Bertz CT molecular complexity index is 857. The summed E-state index contributed by atoms with van der Waals surface area (Å²) >= 11 is 1.17. The van der Waals surface area contributed by atoms with Crippen LogP contribution in [0.1, 0.15) is 15.2 Å². The summed E-state index contributed by atoms with van der Waals surface area (Å²) in [5.41, 5.74) is 2.15. The van der Waals surface area contributed by atoms with Gasteiger partial charge in [-0.1, -0.05) is 12.1 Å². The van der Waals surface area contributed by atoms with E-state index >= 15 is 0 Å². The molecule has 0 saturated carbocycles. The molecule has 20 heavy (non-hydrogen) atoms. The van der Waals surface area contributed by atoms with Gasteiger partial charge in [-0.15, -0.1) is 11.3 Å². The van der Waals surface area contributed by atoms with Crippen LogP contribution >= 0.6 is 11.3 Å². The Morgan fingerprint density at radius 2 is 1.95 bits per heavy atom. The van der Waals surface area contributed by atoms with Gasteiger partial charge in [0.1, 0.15) is 4.88 Å². The van der Waals surface area contributed by atoms with Crippen molar-refractivity contribution in [1.29, 1.82) is 0 Å². The molecule has 2 aromatic heterocycles. The molecular weight excluding hydrogens is 276 g/mol. The summed E-state index contributed by atoms with van der Waals surface area (Å²) in [7, 11) is 1.72. The zero-order chi connectivity index (χ0) is 14.3. The fourth-order valence-electron chi connectivity index (χ4n) is 2.33. The number of carbonyl (C=O) groups is 1. The lowest BCUT2D eigenvalue weighted by atomic mass is 10.2. The molecule has 102 valence electrons. The number of carboxylic acids is 1. The third-order valence-electron chi connectivity index (χ3n) is 3.32. The van der Waals surface area contributed by atoms with Gasteiger partial charge in [0.15, 0.2) is 0 Å². The van der Waals surface area contributed by atoms with E-state index < -0.39 is 5.97 Å².